The van der Waals surface area contributed by atoms with E-state index in [4.69, 9.17) is 16.2 Å². The quantitative estimate of drug-likeness (QED) is 0.271. The zero-order valence-electron chi connectivity index (χ0n) is 20.0. The molecule has 6 nitrogen and oxygen atoms in total. The molecule has 0 saturated carbocycles. The summed E-state index contributed by atoms with van der Waals surface area (Å²) in [5.41, 5.74) is 15.5. The van der Waals surface area contributed by atoms with Gasteiger partial charge in [0.2, 0.25) is 0 Å². The number of aromatic nitrogens is 1. The lowest BCUT2D eigenvalue weighted by Crippen LogP contribution is -2.29. The highest BCUT2D eigenvalue weighted by atomic mass is 16.5. The molecule has 2 unspecified atom stereocenters. The number of unbranched alkanes of at least 4 members (excludes halogenated alkanes) is 1. The number of nitrogens with zero attached hydrogens (tertiary/aromatic N) is 1. The van der Waals surface area contributed by atoms with Gasteiger partial charge in [0, 0.05) is 11.8 Å². The number of ether oxygens (including phenoxy) is 1. The van der Waals surface area contributed by atoms with Gasteiger partial charge in [0.05, 0.1) is 24.4 Å². The monoisotopic (exact) mass is 468 g/mol. The topological polar surface area (TPSA) is 103 Å². The van der Waals surface area contributed by atoms with E-state index in [1.807, 2.05) is 24.3 Å². The van der Waals surface area contributed by atoms with Crippen molar-refractivity contribution in [3.05, 3.63) is 102 Å². The minimum absolute atomic E-state index is 0.128. The number of pyridine rings is 1. The van der Waals surface area contributed by atoms with Gasteiger partial charge in [-0.2, -0.15) is 0 Å². The Hall–Kier alpha value is -3.74. The Bertz CT molecular complexity index is 1270. The third-order valence-corrected chi connectivity index (χ3v) is 6.17. The first-order valence-electron chi connectivity index (χ1n) is 12.0. The van der Waals surface area contributed by atoms with Crippen molar-refractivity contribution >= 4 is 28.2 Å². The number of carbonyl (C=O) groups excluding carboxylic acids is 1. The molecule has 6 heteroatoms. The summed E-state index contributed by atoms with van der Waals surface area (Å²) in [4.78, 5) is 16.6. The van der Waals surface area contributed by atoms with Gasteiger partial charge in [0.1, 0.15) is 5.82 Å². The SMILES string of the molecule is CCCCC(OCc1ccc2ccccc2c1)C(N)c1ccc(C(=O)Nc2cccnc2N)cc1. The second kappa shape index (κ2) is 11.6. The van der Waals surface area contributed by atoms with Crippen LogP contribution in [0, 0.1) is 0 Å². The average molecular weight is 469 g/mol. The van der Waals surface area contributed by atoms with Gasteiger partial charge in [-0.05, 0) is 58.7 Å². The van der Waals surface area contributed by atoms with E-state index < -0.39 is 0 Å². The third kappa shape index (κ3) is 6.23. The highest BCUT2D eigenvalue weighted by Crippen LogP contribution is 2.24. The van der Waals surface area contributed by atoms with Crippen molar-refractivity contribution in [3.8, 4) is 0 Å². The Morgan fingerprint density at radius 3 is 2.51 bits per heavy atom. The number of carbonyl (C=O) groups is 1. The van der Waals surface area contributed by atoms with E-state index in [-0.39, 0.29) is 23.9 Å². The van der Waals surface area contributed by atoms with Crippen LogP contribution in [-0.4, -0.2) is 17.0 Å². The maximum absolute atomic E-state index is 12.6. The average Bonchev–Trinajstić information content (AvgIpc) is 2.89. The summed E-state index contributed by atoms with van der Waals surface area (Å²) < 4.78 is 6.34. The maximum Gasteiger partial charge on any atom is 0.255 e. The molecule has 180 valence electrons. The Balaban J connectivity index is 1.43. The Morgan fingerprint density at radius 2 is 1.77 bits per heavy atom. The van der Waals surface area contributed by atoms with Gasteiger partial charge in [-0.15, -0.1) is 0 Å². The summed E-state index contributed by atoms with van der Waals surface area (Å²) in [6.07, 6.45) is 4.42. The van der Waals surface area contributed by atoms with Crippen LogP contribution < -0.4 is 16.8 Å². The van der Waals surface area contributed by atoms with Crippen LogP contribution in [0.3, 0.4) is 0 Å². The van der Waals surface area contributed by atoms with Gasteiger partial charge in [-0.1, -0.05) is 68.3 Å². The first-order chi connectivity index (χ1) is 17.0. The molecule has 5 N–H and O–H groups in total. The van der Waals surface area contributed by atoms with Crippen LogP contribution >= 0.6 is 0 Å². The van der Waals surface area contributed by atoms with E-state index >= 15 is 0 Å². The lowest BCUT2D eigenvalue weighted by Gasteiger charge is -2.25. The summed E-state index contributed by atoms with van der Waals surface area (Å²) in [5, 5.41) is 5.21. The van der Waals surface area contributed by atoms with Crippen LogP contribution in [0.2, 0.25) is 0 Å². The number of hydrogen-bond donors (Lipinski definition) is 3. The van der Waals surface area contributed by atoms with Gasteiger partial charge in [-0.3, -0.25) is 4.79 Å². The second-order valence-corrected chi connectivity index (χ2v) is 8.71. The van der Waals surface area contributed by atoms with Crippen LogP contribution in [0.1, 0.15) is 53.7 Å². The Labute approximate surface area is 206 Å². The fourth-order valence-corrected chi connectivity index (χ4v) is 4.09. The fraction of sp³-hybridized carbons (Fsp3) is 0.241. The van der Waals surface area contributed by atoms with Crippen molar-refractivity contribution in [2.24, 2.45) is 5.73 Å². The van der Waals surface area contributed by atoms with E-state index in [0.29, 0.717) is 17.9 Å². The minimum Gasteiger partial charge on any atom is -0.382 e. The number of rotatable bonds is 10. The van der Waals surface area contributed by atoms with Gasteiger partial charge >= 0.3 is 0 Å². The van der Waals surface area contributed by atoms with Crippen molar-refractivity contribution in [1.29, 1.82) is 0 Å². The number of benzene rings is 3. The molecule has 0 saturated heterocycles. The van der Waals surface area contributed by atoms with Crippen LogP contribution in [0.25, 0.3) is 10.8 Å². The largest absolute Gasteiger partial charge is 0.382 e. The summed E-state index contributed by atoms with van der Waals surface area (Å²) in [6.45, 7) is 2.66. The van der Waals surface area contributed by atoms with E-state index in [1.165, 1.54) is 10.8 Å². The molecule has 2 atom stereocenters. The summed E-state index contributed by atoms with van der Waals surface area (Å²) in [5.74, 6) is 0.0294. The standard InChI is InChI=1S/C29H32N4O2/c1-2-3-10-26(35-19-20-11-12-21-7-4-5-8-24(21)18-20)27(30)22-13-15-23(16-14-22)29(34)33-25-9-6-17-32-28(25)31/h4-9,11-18,26-27H,2-3,10,19,30H2,1H3,(H2,31,32)(H,33,34). The normalized spacial score (nSPS) is 12.9. The second-order valence-electron chi connectivity index (χ2n) is 8.71. The summed E-state index contributed by atoms with van der Waals surface area (Å²) in [6, 6.07) is 25.2. The van der Waals surface area contributed by atoms with Gasteiger partial charge < -0.3 is 21.5 Å². The van der Waals surface area contributed by atoms with Crippen molar-refractivity contribution < 1.29 is 9.53 Å². The van der Waals surface area contributed by atoms with Gasteiger partial charge in [-0.25, -0.2) is 4.98 Å². The number of hydrogen-bond acceptors (Lipinski definition) is 5. The first-order valence-corrected chi connectivity index (χ1v) is 12.0. The van der Waals surface area contributed by atoms with E-state index in [1.54, 1.807) is 30.5 Å². The zero-order chi connectivity index (χ0) is 24.6. The molecule has 1 aromatic heterocycles. The maximum atomic E-state index is 12.6. The van der Waals surface area contributed by atoms with Crippen molar-refractivity contribution in [1.82, 2.24) is 4.98 Å². The van der Waals surface area contributed by atoms with Gasteiger partial charge in [0.15, 0.2) is 0 Å². The summed E-state index contributed by atoms with van der Waals surface area (Å²) >= 11 is 0. The molecule has 1 heterocycles. The number of nitrogens with one attached hydrogen (secondary N) is 1. The van der Waals surface area contributed by atoms with Crippen molar-refractivity contribution in [3.63, 3.8) is 0 Å². The minimum atomic E-state index is -0.298. The summed E-state index contributed by atoms with van der Waals surface area (Å²) in [7, 11) is 0. The predicted molar refractivity (Wildman–Crippen MR) is 142 cm³/mol. The van der Waals surface area contributed by atoms with Crippen molar-refractivity contribution in [2.45, 2.75) is 44.9 Å². The number of nitrogen functional groups attached to an aromatic ring is 1. The lowest BCUT2D eigenvalue weighted by molar-refractivity contribution is 0.0162. The molecule has 4 rings (SSSR count). The zero-order valence-corrected chi connectivity index (χ0v) is 20.0. The smallest absolute Gasteiger partial charge is 0.255 e. The number of anilines is 2. The van der Waals surface area contributed by atoms with Gasteiger partial charge in [0.25, 0.3) is 5.91 Å². The molecule has 0 aliphatic rings. The highest BCUT2D eigenvalue weighted by molar-refractivity contribution is 6.05. The molecule has 4 aromatic rings. The molecule has 1 amide bonds. The Kier molecular flexibility index (Phi) is 8.08. The molecule has 0 bridgehead atoms. The van der Waals surface area contributed by atoms with E-state index in [9.17, 15) is 4.79 Å². The molecule has 0 fully saturated rings. The molecule has 35 heavy (non-hydrogen) atoms. The fourth-order valence-electron chi connectivity index (χ4n) is 4.09. The van der Waals surface area contributed by atoms with Crippen LogP contribution in [0.15, 0.2) is 85.1 Å². The molecule has 0 radical (unpaired) electrons. The number of amides is 1. The number of nitrogens with two attached hydrogens (primary N) is 2. The molecular weight excluding hydrogens is 436 g/mol. The third-order valence-electron chi connectivity index (χ3n) is 6.17. The lowest BCUT2D eigenvalue weighted by atomic mass is 9.97. The molecule has 0 aliphatic carbocycles. The molecule has 0 spiro atoms. The molecular formula is C29H32N4O2. The first kappa shape index (κ1) is 24.4. The van der Waals surface area contributed by atoms with Crippen molar-refractivity contribution in [2.75, 3.05) is 11.1 Å². The molecule has 0 aliphatic heterocycles. The molecule has 3 aromatic carbocycles. The highest BCUT2D eigenvalue weighted by Gasteiger charge is 2.21. The van der Waals surface area contributed by atoms with Crippen LogP contribution in [0.5, 0.6) is 0 Å². The predicted octanol–water partition coefficient (Wildman–Crippen LogP) is 5.84. The van der Waals surface area contributed by atoms with E-state index in [0.717, 1.165) is 30.4 Å². The number of fused-ring (bicyclic) bond motifs is 1. The van der Waals surface area contributed by atoms with E-state index in [2.05, 4.69) is 47.6 Å². The van der Waals surface area contributed by atoms with Crippen LogP contribution in [-0.2, 0) is 11.3 Å². The van der Waals surface area contributed by atoms with Crippen LogP contribution in [0.4, 0.5) is 11.5 Å². The Morgan fingerprint density at radius 1 is 1.00 bits per heavy atom.